The van der Waals surface area contributed by atoms with E-state index in [9.17, 15) is 13.2 Å². The van der Waals surface area contributed by atoms with Crippen molar-refractivity contribution in [3.8, 4) is 5.69 Å². The molecule has 0 spiro atoms. The fraction of sp³-hybridized carbons (Fsp3) is 0.182. The van der Waals surface area contributed by atoms with Crippen LogP contribution in [0.2, 0.25) is 0 Å². The molecule has 0 atom stereocenters. The smallest absolute Gasteiger partial charge is 0.390 e. The molecule has 17 heavy (non-hydrogen) atoms. The molecule has 0 saturated carbocycles. The lowest BCUT2D eigenvalue weighted by molar-refractivity contribution is -0.137. The van der Waals surface area contributed by atoms with Crippen LogP contribution in [0, 0.1) is 0 Å². The Labute approximate surface area is 95.1 Å². The molecule has 1 aromatic carbocycles. The molecule has 0 fully saturated rings. The van der Waals surface area contributed by atoms with E-state index in [1.807, 2.05) is 0 Å². The van der Waals surface area contributed by atoms with Gasteiger partial charge in [-0.05, 0) is 24.3 Å². The predicted molar refractivity (Wildman–Crippen MR) is 54.5 cm³/mol. The molecule has 0 aliphatic rings. The van der Waals surface area contributed by atoms with Crippen molar-refractivity contribution in [3.05, 3.63) is 48.0 Å². The van der Waals surface area contributed by atoms with Crippen LogP contribution in [0.1, 0.15) is 11.3 Å². The van der Waals surface area contributed by atoms with Gasteiger partial charge in [0.05, 0.1) is 24.2 Å². The second-order valence-corrected chi connectivity index (χ2v) is 3.48. The number of aliphatic hydroxyl groups excluding tert-OH is 1. The fourth-order valence-electron chi connectivity index (χ4n) is 1.41. The van der Waals surface area contributed by atoms with E-state index < -0.39 is 11.7 Å². The number of aromatic nitrogens is 2. The number of imidazole rings is 1. The number of nitrogens with zero attached hydrogens (tertiary/aromatic N) is 2. The molecule has 1 N–H and O–H groups in total. The summed E-state index contributed by atoms with van der Waals surface area (Å²) in [5, 5.41) is 8.82. The van der Waals surface area contributed by atoms with Crippen molar-refractivity contribution >= 4 is 0 Å². The van der Waals surface area contributed by atoms with Crippen molar-refractivity contribution in [2.75, 3.05) is 0 Å². The maximum absolute atomic E-state index is 12.3. The Balaban J connectivity index is 2.29. The van der Waals surface area contributed by atoms with Crippen LogP contribution in [0.25, 0.3) is 5.69 Å². The first-order valence-electron chi connectivity index (χ1n) is 4.82. The molecule has 1 aromatic heterocycles. The Morgan fingerprint density at radius 1 is 1.18 bits per heavy atom. The second-order valence-electron chi connectivity index (χ2n) is 3.48. The molecular formula is C11H9F3N2O. The maximum Gasteiger partial charge on any atom is 0.416 e. The summed E-state index contributed by atoms with van der Waals surface area (Å²) in [5.41, 5.74) is 0.332. The summed E-state index contributed by atoms with van der Waals surface area (Å²) in [6.45, 7) is -0.201. The number of hydrogen-bond donors (Lipinski definition) is 1. The Bertz CT molecular complexity index is 502. The van der Waals surface area contributed by atoms with E-state index >= 15 is 0 Å². The predicted octanol–water partition coefficient (Wildman–Crippen LogP) is 2.38. The van der Waals surface area contributed by atoms with Gasteiger partial charge in [0.1, 0.15) is 0 Å². The molecule has 0 aliphatic carbocycles. The number of benzene rings is 1. The first-order valence-corrected chi connectivity index (χ1v) is 4.82. The highest BCUT2D eigenvalue weighted by molar-refractivity contribution is 5.35. The van der Waals surface area contributed by atoms with E-state index in [1.165, 1.54) is 18.5 Å². The highest BCUT2D eigenvalue weighted by Crippen LogP contribution is 2.29. The minimum atomic E-state index is -4.33. The lowest BCUT2D eigenvalue weighted by atomic mass is 10.2. The molecule has 2 aromatic rings. The van der Waals surface area contributed by atoms with Crippen LogP contribution in [-0.2, 0) is 12.8 Å². The van der Waals surface area contributed by atoms with Crippen molar-refractivity contribution in [1.29, 1.82) is 0 Å². The van der Waals surface area contributed by atoms with Gasteiger partial charge >= 0.3 is 6.18 Å². The summed E-state index contributed by atoms with van der Waals surface area (Å²) in [6, 6.07) is 4.72. The van der Waals surface area contributed by atoms with E-state index in [1.54, 1.807) is 10.8 Å². The SMILES string of the molecule is OCc1cn(-c2ccc(C(F)(F)F)cc2)cn1. The minimum absolute atomic E-state index is 0.201. The summed E-state index contributed by atoms with van der Waals surface area (Å²) in [7, 11) is 0. The van der Waals surface area contributed by atoms with Crippen molar-refractivity contribution < 1.29 is 18.3 Å². The standard InChI is InChI=1S/C11H9F3N2O/c12-11(13,14)8-1-3-10(4-2-8)16-5-9(6-17)15-7-16/h1-5,7,17H,6H2. The molecule has 0 amide bonds. The van der Waals surface area contributed by atoms with Gasteiger partial charge in [0.2, 0.25) is 0 Å². The van der Waals surface area contributed by atoms with Crippen molar-refractivity contribution in [3.63, 3.8) is 0 Å². The van der Waals surface area contributed by atoms with E-state index in [-0.39, 0.29) is 6.61 Å². The average Bonchev–Trinajstić information content (AvgIpc) is 2.76. The van der Waals surface area contributed by atoms with Gasteiger partial charge in [0, 0.05) is 11.9 Å². The van der Waals surface area contributed by atoms with E-state index in [2.05, 4.69) is 4.98 Å². The van der Waals surface area contributed by atoms with Crippen LogP contribution in [0.4, 0.5) is 13.2 Å². The Hall–Kier alpha value is -1.82. The van der Waals surface area contributed by atoms with Gasteiger partial charge in [-0.15, -0.1) is 0 Å². The highest BCUT2D eigenvalue weighted by atomic mass is 19.4. The first kappa shape index (κ1) is 11.7. The van der Waals surface area contributed by atoms with Gasteiger partial charge in [0.25, 0.3) is 0 Å². The van der Waals surface area contributed by atoms with Gasteiger partial charge < -0.3 is 9.67 Å². The molecular weight excluding hydrogens is 233 g/mol. The molecule has 0 unspecified atom stereocenters. The van der Waals surface area contributed by atoms with Crippen molar-refractivity contribution in [2.45, 2.75) is 12.8 Å². The third-order valence-corrected chi connectivity index (χ3v) is 2.29. The number of aliphatic hydroxyl groups is 1. The molecule has 6 heteroatoms. The topological polar surface area (TPSA) is 38.0 Å². The monoisotopic (exact) mass is 242 g/mol. The molecule has 90 valence electrons. The molecule has 1 heterocycles. The lowest BCUT2D eigenvalue weighted by Crippen LogP contribution is -2.04. The van der Waals surface area contributed by atoms with Gasteiger partial charge in [0.15, 0.2) is 0 Å². The van der Waals surface area contributed by atoms with E-state index in [0.717, 1.165) is 12.1 Å². The summed E-state index contributed by atoms with van der Waals surface area (Å²) >= 11 is 0. The normalized spacial score (nSPS) is 11.8. The van der Waals surface area contributed by atoms with Gasteiger partial charge in [-0.1, -0.05) is 0 Å². The molecule has 3 nitrogen and oxygen atoms in total. The largest absolute Gasteiger partial charge is 0.416 e. The zero-order valence-electron chi connectivity index (χ0n) is 8.65. The zero-order chi connectivity index (χ0) is 12.5. The van der Waals surface area contributed by atoms with E-state index in [0.29, 0.717) is 11.4 Å². The van der Waals surface area contributed by atoms with Crippen LogP contribution in [0.3, 0.4) is 0 Å². The molecule has 0 radical (unpaired) electrons. The number of rotatable bonds is 2. The van der Waals surface area contributed by atoms with Crippen molar-refractivity contribution in [1.82, 2.24) is 9.55 Å². The summed E-state index contributed by atoms with van der Waals surface area (Å²) in [5.74, 6) is 0. The lowest BCUT2D eigenvalue weighted by Gasteiger charge is -2.07. The maximum atomic E-state index is 12.3. The van der Waals surface area contributed by atoms with Crippen LogP contribution in [0.5, 0.6) is 0 Å². The van der Waals surface area contributed by atoms with Crippen molar-refractivity contribution in [2.24, 2.45) is 0 Å². The minimum Gasteiger partial charge on any atom is -0.390 e. The van der Waals surface area contributed by atoms with Crippen LogP contribution >= 0.6 is 0 Å². The molecule has 0 saturated heterocycles. The molecule has 2 rings (SSSR count). The zero-order valence-corrected chi connectivity index (χ0v) is 8.65. The highest BCUT2D eigenvalue weighted by Gasteiger charge is 2.29. The third kappa shape index (κ3) is 2.47. The number of alkyl halides is 3. The first-order chi connectivity index (χ1) is 8.00. The summed E-state index contributed by atoms with van der Waals surface area (Å²) in [6.07, 6.45) is -1.33. The molecule has 0 aliphatic heterocycles. The fourth-order valence-corrected chi connectivity index (χ4v) is 1.41. The van der Waals surface area contributed by atoms with Crippen LogP contribution in [0.15, 0.2) is 36.8 Å². The second kappa shape index (κ2) is 4.21. The van der Waals surface area contributed by atoms with Crippen LogP contribution < -0.4 is 0 Å². The van der Waals surface area contributed by atoms with Crippen LogP contribution in [-0.4, -0.2) is 14.7 Å². The van der Waals surface area contributed by atoms with Gasteiger partial charge in [-0.2, -0.15) is 13.2 Å². The van der Waals surface area contributed by atoms with Gasteiger partial charge in [-0.25, -0.2) is 4.98 Å². The van der Waals surface area contributed by atoms with E-state index in [4.69, 9.17) is 5.11 Å². The Morgan fingerprint density at radius 2 is 1.82 bits per heavy atom. The van der Waals surface area contributed by atoms with Gasteiger partial charge in [-0.3, -0.25) is 0 Å². The summed E-state index contributed by atoms with van der Waals surface area (Å²) in [4.78, 5) is 3.87. The molecule has 0 bridgehead atoms. The third-order valence-electron chi connectivity index (χ3n) is 2.29. The Kier molecular flexibility index (Phi) is 2.89. The quantitative estimate of drug-likeness (QED) is 0.878. The Morgan fingerprint density at radius 3 is 2.29 bits per heavy atom. The summed E-state index contributed by atoms with van der Waals surface area (Å²) < 4.78 is 38.5. The number of halogens is 3. The number of hydrogen-bond acceptors (Lipinski definition) is 2. The average molecular weight is 242 g/mol.